The quantitative estimate of drug-likeness (QED) is 0.842. The molecule has 0 N–H and O–H groups in total. The maximum atomic E-state index is 12.2. The smallest absolute Gasteiger partial charge is 0.219 e. The highest BCUT2D eigenvalue weighted by molar-refractivity contribution is 7.15. The highest BCUT2D eigenvalue weighted by Crippen LogP contribution is 2.46. The van der Waals surface area contributed by atoms with Crippen LogP contribution < -0.4 is 4.90 Å². The first kappa shape index (κ1) is 15.6. The normalized spacial score (nSPS) is 26.0. The molecule has 2 aliphatic rings. The van der Waals surface area contributed by atoms with Crippen molar-refractivity contribution in [3.8, 4) is 0 Å². The van der Waals surface area contributed by atoms with Crippen molar-refractivity contribution in [3.63, 3.8) is 0 Å². The number of fused-ring (bicyclic) bond motifs is 1. The molecular weight excluding hydrogens is 320 g/mol. The third-order valence-electron chi connectivity index (χ3n) is 5.36. The summed E-state index contributed by atoms with van der Waals surface area (Å²) in [5, 5.41) is 10.5. The van der Waals surface area contributed by atoms with E-state index in [0.29, 0.717) is 11.8 Å². The highest BCUT2D eigenvalue weighted by Gasteiger charge is 2.49. The molecule has 0 saturated carbocycles. The van der Waals surface area contributed by atoms with Gasteiger partial charge in [-0.3, -0.25) is 4.79 Å². The van der Waals surface area contributed by atoms with Crippen LogP contribution in [0, 0.1) is 25.7 Å². The second kappa shape index (κ2) is 5.84. The lowest BCUT2D eigenvalue weighted by atomic mass is 9.87. The number of likely N-dealkylation sites (tertiary alicyclic amines) is 1. The van der Waals surface area contributed by atoms with Gasteiger partial charge < -0.3 is 9.80 Å². The van der Waals surface area contributed by atoms with Crippen molar-refractivity contribution < 1.29 is 4.79 Å². The zero-order valence-electron chi connectivity index (χ0n) is 14.3. The molecule has 3 atom stereocenters. The van der Waals surface area contributed by atoms with Crippen LogP contribution in [0.4, 0.5) is 5.13 Å². The van der Waals surface area contributed by atoms with Gasteiger partial charge in [0, 0.05) is 38.4 Å². The molecule has 6 heteroatoms. The van der Waals surface area contributed by atoms with Gasteiger partial charge in [-0.15, -0.1) is 10.2 Å². The number of nitrogens with zero attached hydrogens (tertiary/aromatic N) is 4. The Morgan fingerprint density at radius 2 is 1.96 bits per heavy atom. The van der Waals surface area contributed by atoms with Gasteiger partial charge in [0.1, 0.15) is 5.01 Å². The molecule has 1 aromatic carbocycles. The van der Waals surface area contributed by atoms with Crippen molar-refractivity contribution in [2.75, 3.05) is 24.5 Å². The van der Waals surface area contributed by atoms with Crippen molar-refractivity contribution in [1.29, 1.82) is 0 Å². The van der Waals surface area contributed by atoms with Crippen LogP contribution in [0.15, 0.2) is 24.3 Å². The minimum absolute atomic E-state index is 0.174. The number of hydrogen-bond donors (Lipinski definition) is 0. The molecule has 3 heterocycles. The average molecular weight is 342 g/mol. The summed E-state index contributed by atoms with van der Waals surface area (Å²) < 4.78 is 0. The standard InChI is InChI=1S/C18H22N4OS/c1-11-6-4-5-7-15(11)17-16-10-21(18-20-19-12(2)24-18)8-14(16)9-22(17)13(3)23/h4-7,14,16-17H,8-10H2,1-3H3/t14-,16-,17-/m1/s1. The Bertz CT molecular complexity index is 774. The Kier molecular flexibility index (Phi) is 3.79. The molecule has 0 radical (unpaired) electrons. The van der Waals surface area contributed by atoms with E-state index in [1.54, 1.807) is 18.3 Å². The number of rotatable bonds is 2. The van der Waals surface area contributed by atoms with E-state index in [-0.39, 0.29) is 11.9 Å². The highest BCUT2D eigenvalue weighted by atomic mass is 32.1. The molecular formula is C18H22N4OS. The molecule has 0 aliphatic carbocycles. The number of aryl methyl sites for hydroxylation is 2. The van der Waals surface area contributed by atoms with E-state index in [4.69, 9.17) is 0 Å². The van der Waals surface area contributed by atoms with Gasteiger partial charge in [-0.25, -0.2) is 0 Å². The van der Waals surface area contributed by atoms with Gasteiger partial charge in [-0.2, -0.15) is 0 Å². The number of carbonyl (C=O) groups excluding carboxylic acids is 1. The molecule has 2 aliphatic heterocycles. The van der Waals surface area contributed by atoms with Gasteiger partial charge in [0.15, 0.2) is 0 Å². The molecule has 0 bridgehead atoms. The number of benzene rings is 1. The number of hydrogen-bond acceptors (Lipinski definition) is 5. The van der Waals surface area contributed by atoms with E-state index in [1.807, 2.05) is 6.92 Å². The van der Waals surface area contributed by atoms with Crippen LogP contribution in [0.5, 0.6) is 0 Å². The Morgan fingerprint density at radius 1 is 1.17 bits per heavy atom. The SMILES string of the molecule is CC(=O)N1C[C@H]2CN(c3nnc(C)s3)C[C@H]2[C@H]1c1ccccc1C. The van der Waals surface area contributed by atoms with Crippen LogP contribution in [0.3, 0.4) is 0 Å². The Labute approximate surface area is 146 Å². The lowest BCUT2D eigenvalue weighted by molar-refractivity contribution is -0.130. The first-order valence-corrected chi connectivity index (χ1v) is 9.24. The summed E-state index contributed by atoms with van der Waals surface area (Å²) in [6.07, 6.45) is 0. The largest absolute Gasteiger partial charge is 0.346 e. The third kappa shape index (κ3) is 2.49. The summed E-state index contributed by atoms with van der Waals surface area (Å²) in [7, 11) is 0. The van der Waals surface area contributed by atoms with Gasteiger partial charge >= 0.3 is 0 Å². The van der Waals surface area contributed by atoms with Crippen molar-refractivity contribution >= 4 is 22.4 Å². The molecule has 5 nitrogen and oxygen atoms in total. The Hall–Kier alpha value is -1.95. The molecule has 24 heavy (non-hydrogen) atoms. The minimum Gasteiger partial charge on any atom is -0.346 e. The average Bonchev–Trinajstić information content (AvgIpc) is 3.21. The molecule has 2 fully saturated rings. The number of carbonyl (C=O) groups is 1. The van der Waals surface area contributed by atoms with Gasteiger partial charge in [0.2, 0.25) is 11.0 Å². The maximum absolute atomic E-state index is 12.2. The second-order valence-electron chi connectivity index (χ2n) is 6.91. The third-order valence-corrected chi connectivity index (χ3v) is 6.26. The van der Waals surface area contributed by atoms with Crippen molar-refractivity contribution in [3.05, 3.63) is 40.4 Å². The number of anilines is 1. The first-order valence-electron chi connectivity index (χ1n) is 8.42. The van der Waals surface area contributed by atoms with Crippen LogP contribution in [-0.4, -0.2) is 40.6 Å². The molecule has 1 amide bonds. The number of aromatic nitrogens is 2. The summed E-state index contributed by atoms with van der Waals surface area (Å²) in [6, 6.07) is 8.63. The van der Waals surface area contributed by atoms with E-state index in [9.17, 15) is 4.79 Å². The predicted octanol–water partition coefficient (Wildman–Crippen LogP) is 2.81. The number of amides is 1. The molecule has 126 valence electrons. The maximum Gasteiger partial charge on any atom is 0.219 e. The molecule has 1 aromatic heterocycles. The molecule has 0 spiro atoms. The fourth-order valence-electron chi connectivity index (χ4n) is 4.26. The van der Waals surface area contributed by atoms with E-state index in [2.05, 4.69) is 51.2 Å². The van der Waals surface area contributed by atoms with Crippen LogP contribution >= 0.6 is 11.3 Å². The summed E-state index contributed by atoms with van der Waals surface area (Å²) in [4.78, 5) is 16.6. The summed E-state index contributed by atoms with van der Waals surface area (Å²) in [6.45, 7) is 8.58. The van der Waals surface area contributed by atoms with Gasteiger partial charge in [0.05, 0.1) is 6.04 Å². The van der Waals surface area contributed by atoms with Crippen molar-refractivity contribution in [2.45, 2.75) is 26.8 Å². The van der Waals surface area contributed by atoms with Crippen LogP contribution in [0.2, 0.25) is 0 Å². The summed E-state index contributed by atoms with van der Waals surface area (Å²) >= 11 is 1.65. The van der Waals surface area contributed by atoms with E-state index in [0.717, 1.165) is 29.8 Å². The van der Waals surface area contributed by atoms with Crippen molar-refractivity contribution in [2.24, 2.45) is 11.8 Å². The zero-order chi connectivity index (χ0) is 16.8. The second-order valence-corrected chi connectivity index (χ2v) is 8.07. The monoisotopic (exact) mass is 342 g/mol. The Morgan fingerprint density at radius 3 is 2.62 bits per heavy atom. The fraction of sp³-hybridized carbons (Fsp3) is 0.500. The molecule has 4 rings (SSSR count). The lowest BCUT2D eigenvalue weighted by Gasteiger charge is -2.30. The summed E-state index contributed by atoms with van der Waals surface area (Å²) in [5.41, 5.74) is 2.55. The Balaban J connectivity index is 1.66. The fourth-order valence-corrected chi connectivity index (χ4v) is 4.96. The molecule has 0 unspecified atom stereocenters. The lowest BCUT2D eigenvalue weighted by Crippen LogP contribution is -2.34. The molecule has 2 saturated heterocycles. The first-order chi connectivity index (χ1) is 11.5. The van der Waals surface area contributed by atoms with E-state index >= 15 is 0 Å². The van der Waals surface area contributed by atoms with Crippen LogP contribution in [0.25, 0.3) is 0 Å². The summed E-state index contributed by atoms with van der Waals surface area (Å²) in [5.74, 6) is 1.14. The van der Waals surface area contributed by atoms with Gasteiger partial charge in [0.25, 0.3) is 0 Å². The zero-order valence-corrected chi connectivity index (χ0v) is 15.1. The van der Waals surface area contributed by atoms with Gasteiger partial charge in [-0.05, 0) is 25.0 Å². The topological polar surface area (TPSA) is 49.3 Å². The van der Waals surface area contributed by atoms with Crippen LogP contribution in [0.1, 0.15) is 29.1 Å². The van der Waals surface area contributed by atoms with Gasteiger partial charge in [-0.1, -0.05) is 35.6 Å². The predicted molar refractivity (Wildman–Crippen MR) is 95.1 cm³/mol. The molecule has 2 aromatic rings. The van der Waals surface area contributed by atoms with Crippen molar-refractivity contribution in [1.82, 2.24) is 15.1 Å². The van der Waals surface area contributed by atoms with E-state index < -0.39 is 0 Å². The van der Waals surface area contributed by atoms with Crippen LogP contribution in [-0.2, 0) is 4.79 Å². The van der Waals surface area contributed by atoms with E-state index in [1.165, 1.54) is 11.1 Å². The minimum atomic E-state index is 0.174.